The van der Waals surface area contributed by atoms with E-state index in [-0.39, 0.29) is 11.3 Å². The Morgan fingerprint density at radius 1 is 1.62 bits per heavy atom. The quantitative estimate of drug-likeness (QED) is 0.669. The van der Waals surface area contributed by atoms with Crippen molar-refractivity contribution in [2.75, 3.05) is 7.11 Å². The van der Waals surface area contributed by atoms with E-state index in [1.165, 1.54) is 18.3 Å². The highest BCUT2D eigenvalue weighted by Crippen LogP contribution is 2.16. The molecule has 0 amide bonds. The van der Waals surface area contributed by atoms with Crippen molar-refractivity contribution in [3.63, 3.8) is 0 Å². The second kappa shape index (κ2) is 5.21. The van der Waals surface area contributed by atoms with Crippen LogP contribution in [-0.4, -0.2) is 34.4 Å². The van der Waals surface area contributed by atoms with E-state index in [0.29, 0.717) is 0 Å². The molecule has 0 saturated carbocycles. The van der Waals surface area contributed by atoms with Crippen LogP contribution in [-0.2, 0) is 9.53 Å². The predicted octanol–water partition coefficient (Wildman–Crippen LogP) is -0.479. The Labute approximate surface area is 91.7 Å². The van der Waals surface area contributed by atoms with E-state index in [1.807, 2.05) is 6.07 Å². The number of nitriles is 1. The van der Waals surface area contributed by atoms with Gasteiger partial charge in [0.05, 0.1) is 24.4 Å². The van der Waals surface area contributed by atoms with Crippen LogP contribution in [0.2, 0.25) is 0 Å². The number of aromatic nitrogens is 1. The third-order valence-corrected chi connectivity index (χ3v) is 1.95. The molecule has 84 valence electrons. The number of methoxy groups -OCH3 is 1. The maximum absolute atomic E-state index is 11.0. The van der Waals surface area contributed by atoms with Crippen molar-refractivity contribution in [2.24, 2.45) is 0 Å². The summed E-state index contributed by atoms with van der Waals surface area (Å²) in [6.45, 7) is 0. The molecular weight excluding hydrogens is 212 g/mol. The van der Waals surface area contributed by atoms with Crippen molar-refractivity contribution in [1.29, 1.82) is 5.26 Å². The molecule has 2 unspecified atom stereocenters. The Balaban J connectivity index is 2.92. The number of hydrogen-bond donors (Lipinski definition) is 2. The molecule has 0 aliphatic heterocycles. The number of esters is 1. The maximum Gasteiger partial charge on any atom is 0.337 e. The lowest BCUT2D eigenvalue weighted by Gasteiger charge is -2.14. The van der Waals surface area contributed by atoms with E-state index in [9.17, 15) is 15.0 Å². The molecule has 0 saturated heterocycles. The number of carbonyl (C=O) groups excluding carboxylic acids is 1. The molecular formula is C10H10N2O4. The fraction of sp³-hybridized carbons (Fsp3) is 0.300. The zero-order valence-electron chi connectivity index (χ0n) is 8.49. The van der Waals surface area contributed by atoms with E-state index in [4.69, 9.17) is 5.26 Å². The topological polar surface area (TPSA) is 103 Å². The van der Waals surface area contributed by atoms with Gasteiger partial charge in [0.25, 0.3) is 0 Å². The Kier molecular flexibility index (Phi) is 3.94. The normalized spacial score (nSPS) is 13.6. The van der Waals surface area contributed by atoms with Gasteiger partial charge in [0.1, 0.15) is 6.10 Å². The molecule has 0 radical (unpaired) electrons. The van der Waals surface area contributed by atoms with Crippen LogP contribution in [0, 0.1) is 11.3 Å². The van der Waals surface area contributed by atoms with E-state index >= 15 is 0 Å². The molecule has 0 aliphatic rings. The fourth-order valence-corrected chi connectivity index (χ4v) is 1.09. The first-order valence-electron chi connectivity index (χ1n) is 4.40. The third-order valence-electron chi connectivity index (χ3n) is 1.95. The van der Waals surface area contributed by atoms with Crippen LogP contribution in [0.3, 0.4) is 0 Å². The smallest absolute Gasteiger partial charge is 0.337 e. The van der Waals surface area contributed by atoms with Gasteiger partial charge in [0, 0.05) is 6.20 Å². The first kappa shape index (κ1) is 12.1. The zero-order valence-corrected chi connectivity index (χ0v) is 8.49. The first-order chi connectivity index (χ1) is 7.60. The summed E-state index contributed by atoms with van der Waals surface area (Å²) >= 11 is 0. The standard InChI is InChI=1S/C10H10N2O4/c1-16-10(15)9(14)8(13)7-4-6(5-11)2-3-12-7/h2-4,8-9,13-14H,1H3. The summed E-state index contributed by atoms with van der Waals surface area (Å²) in [4.78, 5) is 14.7. The van der Waals surface area contributed by atoms with Gasteiger partial charge in [0.15, 0.2) is 6.10 Å². The van der Waals surface area contributed by atoms with Crippen LogP contribution in [0.1, 0.15) is 17.4 Å². The minimum absolute atomic E-state index is 0.0388. The summed E-state index contributed by atoms with van der Waals surface area (Å²) in [5.41, 5.74) is 0.318. The molecule has 0 bridgehead atoms. The van der Waals surface area contributed by atoms with Crippen LogP contribution in [0.25, 0.3) is 0 Å². The van der Waals surface area contributed by atoms with Crippen molar-refractivity contribution in [2.45, 2.75) is 12.2 Å². The predicted molar refractivity (Wildman–Crippen MR) is 51.9 cm³/mol. The first-order valence-corrected chi connectivity index (χ1v) is 4.40. The highest BCUT2D eigenvalue weighted by atomic mass is 16.5. The Morgan fingerprint density at radius 3 is 2.88 bits per heavy atom. The molecule has 0 aliphatic carbocycles. The van der Waals surface area contributed by atoms with Gasteiger partial charge in [-0.05, 0) is 12.1 Å². The molecule has 2 N–H and O–H groups in total. The number of hydrogen-bond acceptors (Lipinski definition) is 6. The molecule has 6 nitrogen and oxygen atoms in total. The van der Waals surface area contributed by atoms with Crippen LogP contribution < -0.4 is 0 Å². The summed E-state index contributed by atoms with van der Waals surface area (Å²) in [5, 5.41) is 27.6. The summed E-state index contributed by atoms with van der Waals surface area (Å²) in [6.07, 6.45) is -1.92. The minimum Gasteiger partial charge on any atom is -0.467 e. The monoisotopic (exact) mass is 222 g/mol. The number of aliphatic hydroxyl groups is 2. The Morgan fingerprint density at radius 2 is 2.31 bits per heavy atom. The summed E-state index contributed by atoms with van der Waals surface area (Å²) in [7, 11) is 1.09. The van der Waals surface area contributed by atoms with Gasteiger partial charge in [-0.3, -0.25) is 4.98 Å². The molecule has 0 fully saturated rings. The van der Waals surface area contributed by atoms with Gasteiger partial charge in [-0.25, -0.2) is 4.79 Å². The highest BCUT2D eigenvalue weighted by molar-refractivity contribution is 5.75. The van der Waals surface area contributed by atoms with Gasteiger partial charge in [-0.15, -0.1) is 0 Å². The lowest BCUT2D eigenvalue weighted by Crippen LogP contribution is -2.29. The van der Waals surface area contributed by atoms with Crippen molar-refractivity contribution >= 4 is 5.97 Å². The third kappa shape index (κ3) is 2.53. The lowest BCUT2D eigenvalue weighted by molar-refractivity contribution is -0.157. The second-order valence-electron chi connectivity index (χ2n) is 2.99. The van der Waals surface area contributed by atoms with Crippen LogP contribution in [0.5, 0.6) is 0 Å². The number of aliphatic hydroxyl groups excluding tert-OH is 2. The average molecular weight is 222 g/mol. The second-order valence-corrected chi connectivity index (χ2v) is 2.99. The van der Waals surface area contributed by atoms with Crippen LogP contribution >= 0.6 is 0 Å². The van der Waals surface area contributed by atoms with Gasteiger partial charge >= 0.3 is 5.97 Å². The molecule has 6 heteroatoms. The fourth-order valence-electron chi connectivity index (χ4n) is 1.09. The molecule has 1 heterocycles. The molecule has 1 rings (SSSR count). The van der Waals surface area contributed by atoms with Gasteiger partial charge < -0.3 is 14.9 Å². The summed E-state index contributed by atoms with van der Waals surface area (Å²) in [6, 6.07) is 4.59. The number of nitrogens with zero attached hydrogens (tertiary/aromatic N) is 2. The maximum atomic E-state index is 11.0. The number of carbonyl (C=O) groups is 1. The van der Waals surface area contributed by atoms with Crippen LogP contribution in [0.4, 0.5) is 0 Å². The SMILES string of the molecule is COC(=O)C(O)C(O)c1cc(C#N)ccn1. The number of rotatable bonds is 3. The van der Waals surface area contributed by atoms with E-state index < -0.39 is 18.2 Å². The van der Waals surface area contributed by atoms with Crippen molar-refractivity contribution in [1.82, 2.24) is 4.98 Å². The van der Waals surface area contributed by atoms with Gasteiger partial charge in [-0.1, -0.05) is 0 Å². The van der Waals surface area contributed by atoms with E-state index in [1.54, 1.807) is 0 Å². The van der Waals surface area contributed by atoms with E-state index in [0.717, 1.165) is 7.11 Å². The Bertz CT molecular complexity index is 427. The molecule has 0 aromatic carbocycles. The zero-order chi connectivity index (χ0) is 12.1. The van der Waals surface area contributed by atoms with Crippen LogP contribution in [0.15, 0.2) is 18.3 Å². The lowest BCUT2D eigenvalue weighted by atomic mass is 10.1. The molecule has 0 spiro atoms. The molecule has 16 heavy (non-hydrogen) atoms. The largest absolute Gasteiger partial charge is 0.467 e. The molecule has 1 aromatic heterocycles. The average Bonchev–Trinajstić information content (AvgIpc) is 2.36. The highest BCUT2D eigenvalue weighted by Gasteiger charge is 2.27. The van der Waals surface area contributed by atoms with Crippen molar-refractivity contribution < 1.29 is 19.7 Å². The number of pyridine rings is 1. The van der Waals surface area contributed by atoms with Crippen molar-refractivity contribution in [3.8, 4) is 6.07 Å². The summed E-state index contributed by atoms with van der Waals surface area (Å²) < 4.78 is 4.27. The van der Waals surface area contributed by atoms with Crippen molar-refractivity contribution in [3.05, 3.63) is 29.6 Å². The van der Waals surface area contributed by atoms with E-state index in [2.05, 4.69) is 9.72 Å². The summed E-state index contributed by atoms with van der Waals surface area (Å²) in [5.74, 6) is -0.961. The number of ether oxygens (including phenoxy) is 1. The molecule has 2 atom stereocenters. The molecule has 1 aromatic rings. The Hall–Kier alpha value is -1.97. The van der Waals surface area contributed by atoms with Gasteiger partial charge in [0.2, 0.25) is 0 Å². The minimum atomic E-state index is -1.72. The van der Waals surface area contributed by atoms with Gasteiger partial charge in [-0.2, -0.15) is 5.26 Å².